The van der Waals surface area contributed by atoms with Gasteiger partial charge >= 0.3 is 0 Å². The number of nitrogens with zero attached hydrogens (tertiary/aromatic N) is 9. The van der Waals surface area contributed by atoms with E-state index in [2.05, 4.69) is 36.8 Å². The molecule has 0 N–H and O–H groups in total. The lowest BCUT2D eigenvalue weighted by atomic mass is 10.0. The molecule has 1 unspecified atom stereocenters. The topological polar surface area (TPSA) is 88.3 Å². The standard InChI is InChI=1S/C21H29N9O/c1-15-24-19-17(13-23-28(19)3)20(25-15)30-8-4-5-16(14-30)27(2)21-22-7-6-18(26-21)29-9-11-31-12-10-29/h6-7,13,16H,4-5,8-12,14H2,1-3H3. The molecule has 3 aromatic heterocycles. The Balaban J connectivity index is 1.37. The number of morpholine rings is 1. The quantitative estimate of drug-likeness (QED) is 0.618. The summed E-state index contributed by atoms with van der Waals surface area (Å²) in [6.45, 7) is 7.00. The van der Waals surface area contributed by atoms with Crippen LogP contribution in [0.3, 0.4) is 0 Å². The summed E-state index contributed by atoms with van der Waals surface area (Å²) >= 11 is 0. The fraction of sp³-hybridized carbons (Fsp3) is 0.571. The minimum Gasteiger partial charge on any atom is -0.378 e. The van der Waals surface area contributed by atoms with Gasteiger partial charge < -0.3 is 19.4 Å². The van der Waals surface area contributed by atoms with Crippen LogP contribution in [0.2, 0.25) is 0 Å². The summed E-state index contributed by atoms with van der Waals surface area (Å²) < 4.78 is 7.28. The normalized spacial score (nSPS) is 19.8. The minimum atomic E-state index is 0.302. The summed E-state index contributed by atoms with van der Waals surface area (Å²) in [6, 6.07) is 2.29. The van der Waals surface area contributed by atoms with Crippen LogP contribution in [0, 0.1) is 6.92 Å². The van der Waals surface area contributed by atoms with Crippen molar-refractivity contribution in [3.8, 4) is 0 Å². The molecule has 10 nitrogen and oxygen atoms in total. The highest BCUT2D eigenvalue weighted by atomic mass is 16.5. The molecule has 2 aliphatic rings. The first-order valence-electron chi connectivity index (χ1n) is 10.9. The number of ether oxygens (including phenoxy) is 1. The van der Waals surface area contributed by atoms with E-state index in [-0.39, 0.29) is 0 Å². The van der Waals surface area contributed by atoms with Crippen LogP contribution in [0.15, 0.2) is 18.5 Å². The fourth-order valence-corrected chi connectivity index (χ4v) is 4.46. The zero-order valence-electron chi connectivity index (χ0n) is 18.4. The maximum atomic E-state index is 5.47. The first kappa shape index (κ1) is 19.9. The van der Waals surface area contributed by atoms with Crippen molar-refractivity contribution in [2.24, 2.45) is 7.05 Å². The molecule has 1 atom stereocenters. The van der Waals surface area contributed by atoms with Gasteiger partial charge in [-0.2, -0.15) is 10.1 Å². The molecule has 0 amide bonds. The molecule has 31 heavy (non-hydrogen) atoms. The predicted octanol–water partition coefficient (Wildman–Crippen LogP) is 1.40. The number of likely N-dealkylation sites (N-methyl/N-ethyl adjacent to an activating group) is 1. The summed E-state index contributed by atoms with van der Waals surface area (Å²) in [7, 11) is 4.02. The molecule has 0 bridgehead atoms. The van der Waals surface area contributed by atoms with E-state index in [1.54, 1.807) is 0 Å². The van der Waals surface area contributed by atoms with E-state index < -0.39 is 0 Å². The Kier molecular flexibility index (Phi) is 5.31. The van der Waals surface area contributed by atoms with Crippen LogP contribution in [-0.4, -0.2) is 82.2 Å². The van der Waals surface area contributed by atoms with Crippen LogP contribution in [-0.2, 0) is 11.8 Å². The molecule has 5 rings (SSSR count). The van der Waals surface area contributed by atoms with Crippen molar-refractivity contribution in [3.63, 3.8) is 0 Å². The van der Waals surface area contributed by atoms with Crippen LogP contribution < -0.4 is 14.7 Å². The van der Waals surface area contributed by atoms with Crippen molar-refractivity contribution in [1.29, 1.82) is 0 Å². The molecule has 0 aliphatic carbocycles. The number of hydrogen-bond acceptors (Lipinski definition) is 9. The van der Waals surface area contributed by atoms with Gasteiger partial charge in [0.15, 0.2) is 5.65 Å². The van der Waals surface area contributed by atoms with E-state index in [0.29, 0.717) is 6.04 Å². The highest BCUT2D eigenvalue weighted by Gasteiger charge is 2.28. The molecule has 0 aromatic carbocycles. The lowest BCUT2D eigenvalue weighted by Crippen LogP contribution is -2.47. The average Bonchev–Trinajstić information content (AvgIpc) is 3.19. The smallest absolute Gasteiger partial charge is 0.227 e. The number of rotatable bonds is 4. The van der Waals surface area contributed by atoms with Gasteiger partial charge in [-0.25, -0.2) is 15.0 Å². The lowest BCUT2D eigenvalue weighted by Gasteiger charge is -2.38. The Labute approximate surface area is 181 Å². The van der Waals surface area contributed by atoms with Crippen molar-refractivity contribution in [2.45, 2.75) is 25.8 Å². The Morgan fingerprint density at radius 3 is 2.77 bits per heavy atom. The Morgan fingerprint density at radius 1 is 1.10 bits per heavy atom. The first-order chi connectivity index (χ1) is 15.1. The highest BCUT2D eigenvalue weighted by molar-refractivity contribution is 5.87. The molecule has 3 aromatic rings. The number of fused-ring (bicyclic) bond motifs is 1. The van der Waals surface area contributed by atoms with E-state index in [1.807, 2.05) is 37.1 Å². The summed E-state index contributed by atoms with van der Waals surface area (Å²) in [5.41, 5.74) is 0.875. The van der Waals surface area contributed by atoms with Gasteiger partial charge in [-0.1, -0.05) is 0 Å². The second-order valence-corrected chi connectivity index (χ2v) is 8.27. The highest BCUT2D eigenvalue weighted by Crippen LogP contribution is 2.28. The molecule has 0 radical (unpaired) electrons. The summed E-state index contributed by atoms with van der Waals surface area (Å²) in [5.74, 6) is 3.47. The lowest BCUT2D eigenvalue weighted by molar-refractivity contribution is 0.122. The van der Waals surface area contributed by atoms with E-state index in [0.717, 1.165) is 86.7 Å². The molecule has 2 aliphatic heterocycles. The third-order valence-corrected chi connectivity index (χ3v) is 6.21. The molecular weight excluding hydrogens is 394 g/mol. The third kappa shape index (κ3) is 3.87. The van der Waals surface area contributed by atoms with Gasteiger partial charge in [0.2, 0.25) is 5.95 Å². The second-order valence-electron chi connectivity index (χ2n) is 8.27. The number of anilines is 3. The molecule has 10 heteroatoms. The molecule has 164 valence electrons. The molecule has 5 heterocycles. The van der Waals surface area contributed by atoms with Crippen molar-refractivity contribution < 1.29 is 4.74 Å². The monoisotopic (exact) mass is 423 g/mol. The minimum absolute atomic E-state index is 0.302. The second kappa shape index (κ2) is 8.26. The maximum absolute atomic E-state index is 5.47. The largest absolute Gasteiger partial charge is 0.378 e. The first-order valence-corrected chi connectivity index (χ1v) is 10.9. The van der Waals surface area contributed by atoms with Gasteiger partial charge in [0.05, 0.1) is 24.8 Å². The van der Waals surface area contributed by atoms with Gasteiger partial charge in [0, 0.05) is 52.5 Å². The molecule has 0 spiro atoms. The molecule has 2 fully saturated rings. The van der Waals surface area contributed by atoms with Gasteiger partial charge in [0.1, 0.15) is 17.5 Å². The number of piperidine rings is 1. The SMILES string of the molecule is Cc1nc(N2CCCC(N(C)c3nccc(N4CCOCC4)n3)C2)c2cnn(C)c2n1. The van der Waals surface area contributed by atoms with E-state index in [4.69, 9.17) is 14.7 Å². The number of aromatic nitrogens is 6. The van der Waals surface area contributed by atoms with Gasteiger partial charge in [-0.15, -0.1) is 0 Å². The fourth-order valence-electron chi connectivity index (χ4n) is 4.46. The van der Waals surface area contributed by atoms with E-state index in [1.165, 1.54) is 0 Å². The van der Waals surface area contributed by atoms with Gasteiger partial charge in [0.25, 0.3) is 0 Å². The average molecular weight is 424 g/mol. The molecular formula is C21H29N9O. The van der Waals surface area contributed by atoms with Gasteiger partial charge in [-0.05, 0) is 25.8 Å². The van der Waals surface area contributed by atoms with Crippen LogP contribution >= 0.6 is 0 Å². The number of aryl methyl sites for hydroxylation is 2. The third-order valence-electron chi connectivity index (χ3n) is 6.21. The van der Waals surface area contributed by atoms with Crippen molar-refractivity contribution in [3.05, 3.63) is 24.3 Å². The van der Waals surface area contributed by atoms with E-state index in [9.17, 15) is 0 Å². The molecule has 0 saturated carbocycles. The van der Waals surface area contributed by atoms with Crippen LogP contribution in [0.5, 0.6) is 0 Å². The van der Waals surface area contributed by atoms with Crippen molar-refractivity contribution >= 4 is 28.6 Å². The zero-order valence-corrected chi connectivity index (χ0v) is 18.4. The maximum Gasteiger partial charge on any atom is 0.227 e. The molecule has 2 saturated heterocycles. The van der Waals surface area contributed by atoms with Crippen LogP contribution in [0.1, 0.15) is 18.7 Å². The van der Waals surface area contributed by atoms with Crippen molar-refractivity contribution in [1.82, 2.24) is 29.7 Å². The predicted molar refractivity (Wildman–Crippen MR) is 120 cm³/mol. The summed E-state index contributed by atoms with van der Waals surface area (Å²) in [6.07, 6.45) is 5.91. The van der Waals surface area contributed by atoms with E-state index >= 15 is 0 Å². The Hall–Kier alpha value is -3.01. The number of hydrogen-bond donors (Lipinski definition) is 0. The van der Waals surface area contributed by atoms with Crippen LogP contribution in [0.25, 0.3) is 11.0 Å². The van der Waals surface area contributed by atoms with Gasteiger partial charge in [-0.3, -0.25) is 4.68 Å². The summed E-state index contributed by atoms with van der Waals surface area (Å²) in [5, 5.41) is 5.39. The Morgan fingerprint density at radius 2 is 1.94 bits per heavy atom. The van der Waals surface area contributed by atoms with Crippen molar-refractivity contribution in [2.75, 3.05) is 61.1 Å². The Bertz CT molecular complexity index is 1060. The summed E-state index contributed by atoms with van der Waals surface area (Å²) in [4.78, 5) is 25.6. The van der Waals surface area contributed by atoms with Crippen LogP contribution in [0.4, 0.5) is 17.6 Å². The zero-order chi connectivity index (χ0) is 21.4.